The molecule has 5 heteroatoms. The van der Waals surface area contributed by atoms with E-state index in [2.05, 4.69) is 18.7 Å². The highest BCUT2D eigenvalue weighted by Gasteiger charge is 2.32. The predicted octanol–water partition coefficient (Wildman–Crippen LogP) is 3.80. The Morgan fingerprint density at radius 2 is 1.97 bits per heavy atom. The lowest BCUT2D eigenvalue weighted by Gasteiger charge is -2.30. The largest absolute Gasteiger partial charge is 0.366 e. The third kappa shape index (κ3) is 2.88. The van der Waals surface area contributed by atoms with Gasteiger partial charge in [-0.15, -0.1) is 0 Å². The van der Waals surface area contributed by atoms with Gasteiger partial charge in [-0.3, -0.25) is 14.6 Å². The summed E-state index contributed by atoms with van der Waals surface area (Å²) in [6.07, 6.45) is 9.14. The lowest BCUT2D eigenvalue weighted by atomic mass is 9.86. The van der Waals surface area contributed by atoms with Crippen LogP contribution in [-0.2, 0) is 24.2 Å². The Bertz CT molecular complexity index is 1130. The van der Waals surface area contributed by atoms with Crippen molar-refractivity contribution in [3.8, 4) is 11.3 Å². The molecule has 2 aromatic rings. The molecule has 0 fully saturated rings. The number of hydrogen-bond donors (Lipinski definition) is 1. The fourth-order valence-electron chi connectivity index (χ4n) is 5.30. The topological polar surface area (TPSA) is 76.3 Å². The molecule has 3 aliphatic rings. The molecular weight excluding hydrogens is 374 g/mol. The van der Waals surface area contributed by atoms with Crippen LogP contribution in [0.4, 0.5) is 0 Å². The Morgan fingerprint density at radius 3 is 2.77 bits per heavy atom. The molecule has 0 saturated carbocycles. The van der Waals surface area contributed by atoms with Crippen LogP contribution in [0.25, 0.3) is 16.8 Å². The average molecular weight is 399 g/mol. The molecule has 2 heterocycles. The molecule has 152 valence electrons. The fraction of sp³-hybridized carbons (Fsp3) is 0.320. The van der Waals surface area contributed by atoms with Gasteiger partial charge in [0.15, 0.2) is 0 Å². The van der Waals surface area contributed by atoms with Crippen LogP contribution < -0.4 is 5.73 Å². The number of fused-ring (bicyclic) bond motifs is 3. The van der Waals surface area contributed by atoms with Gasteiger partial charge < -0.3 is 10.6 Å². The summed E-state index contributed by atoms with van der Waals surface area (Å²) in [5.41, 5.74) is 15.7. The molecule has 2 amide bonds. The highest BCUT2D eigenvalue weighted by atomic mass is 16.2. The van der Waals surface area contributed by atoms with Crippen LogP contribution >= 0.6 is 0 Å². The number of pyridine rings is 1. The highest BCUT2D eigenvalue weighted by molar-refractivity contribution is 5.99. The van der Waals surface area contributed by atoms with Gasteiger partial charge in [-0.05, 0) is 66.9 Å². The van der Waals surface area contributed by atoms with E-state index in [0.717, 1.165) is 53.6 Å². The van der Waals surface area contributed by atoms with Gasteiger partial charge in [-0.25, -0.2) is 0 Å². The van der Waals surface area contributed by atoms with Crippen molar-refractivity contribution in [1.29, 1.82) is 0 Å². The van der Waals surface area contributed by atoms with E-state index in [9.17, 15) is 9.59 Å². The van der Waals surface area contributed by atoms with Crippen LogP contribution in [0.15, 0.2) is 42.6 Å². The Hall–Kier alpha value is -3.21. The second-order valence-electron chi connectivity index (χ2n) is 8.36. The lowest BCUT2D eigenvalue weighted by molar-refractivity contribution is -0.126. The smallest absolute Gasteiger partial charge is 0.250 e. The van der Waals surface area contributed by atoms with Crippen LogP contribution in [0, 0.1) is 0 Å². The van der Waals surface area contributed by atoms with Crippen molar-refractivity contribution in [3.63, 3.8) is 0 Å². The van der Waals surface area contributed by atoms with Crippen molar-refractivity contribution in [2.75, 3.05) is 6.54 Å². The molecule has 30 heavy (non-hydrogen) atoms. The maximum absolute atomic E-state index is 12.1. The first-order chi connectivity index (χ1) is 14.6. The van der Waals surface area contributed by atoms with E-state index >= 15 is 0 Å². The lowest BCUT2D eigenvalue weighted by Crippen LogP contribution is -2.35. The zero-order valence-electron chi connectivity index (χ0n) is 17.0. The second kappa shape index (κ2) is 7.24. The number of amides is 2. The SMILES string of the molecule is C=CC(=O)N1CCc2c(cccc2-c2ncc(C(N)=O)c3c2C2=C(CCCC2)C3)C1. The van der Waals surface area contributed by atoms with E-state index in [1.165, 1.54) is 35.6 Å². The summed E-state index contributed by atoms with van der Waals surface area (Å²) in [4.78, 5) is 30.8. The Morgan fingerprint density at radius 1 is 1.13 bits per heavy atom. The zero-order valence-corrected chi connectivity index (χ0v) is 17.0. The van der Waals surface area contributed by atoms with Crippen LogP contribution in [-0.4, -0.2) is 28.2 Å². The molecule has 2 aliphatic carbocycles. The Balaban J connectivity index is 1.66. The molecule has 0 spiro atoms. The average Bonchev–Trinajstić information content (AvgIpc) is 3.16. The van der Waals surface area contributed by atoms with E-state index in [4.69, 9.17) is 10.7 Å². The predicted molar refractivity (Wildman–Crippen MR) is 117 cm³/mol. The highest BCUT2D eigenvalue weighted by Crippen LogP contribution is 2.47. The number of aromatic nitrogens is 1. The summed E-state index contributed by atoms with van der Waals surface area (Å²) in [5.74, 6) is -0.438. The quantitative estimate of drug-likeness (QED) is 0.798. The first kappa shape index (κ1) is 18.8. The second-order valence-corrected chi connectivity index (χ2v) is 8.36. The van der Waals surface area contributed by atoms with Crippen LogP contribution in [0.5, 0.6) is 0 Å². The van der Waals surface area contributed by atoms with Gasteiger partial charge in [0, 0.05) is 30.4 Å². The van der Waals surface area contributed by atoms with Gasteiger partial charge in [0.1, 0.15) is 0 Å². The summed E-state index contributed by atoms with van der Waals surface area (Å²) in [6.45, 7) is 4.87. The summed E-state index contributed by atoms with van der Waals surface area (Å²) < 4.78 is 0. The molecule has 0 atom stereocenters. The zero-order chi connectivity index (χ0) is 20.8. The third-order valence-corrected chi connectivity index (χ3v) is 6.73. The Kier molecular flexibility index (Phi) is 4.54. The summed E-state index contributed by atoms with van der Waals surface area (Å²) in [7, 11) is 0. The maximum atomic E-state index is 12.1. The molecule has 5 rings (SSSR count). The van der Waals surface area contributed by atoms with Crippen molar-refractivity contribution in [3.05, 3.63) is 70.4 Å². The molecule has 5 nitrogen and oxygen atoms in total. The number of allylic oxidation sites excluding steroid dienone is 2. The van der Waals surface area contributed by atoms with E-state index < -0.39 is 5.91 Å². The number of rotatable bonds is 3. The van der Waals surface area contributed by atoms with Crippen molar-refractivity contribution in [1.82, 2.24) is 9.88 Å². The van der Waals surface area contributed by atoms with Gasteiger partial charge in [-0.2, -0.15) is 0 Å². The first-order valence-corrected chi connectivity index (χ1v) is 10.6. The van der Waals surface area contributed by atoms with E-state index in [1.54, 1.807) is 6.20 Å². The standard InChI is InChI=1S/C25H25N3O2/c1-2-22(29)28-11-10-17-16(14-28)7-5-9-19(17)24-23-18-8-4-3-6-15(18)12-20(23)21(13-27-24)25(26)30/h2,5,7,9,13H,1,3-4,6,8,10-12,14H2,(H2,26,30). The van der Waals surface area contributed by atoms with E-state index in [-0.39, 0.29) is 5.91 Å². The number of carbonyl (C=O) groups excluding carboxylic acids is 2. The van der Waals surface area contributed by atoms with Crippen LogP contribution in [0.3, 0.4) is 0 Å². The number of hydrogen-bond acceptors (Lipinski definition) is 3. The van der Waals surface area contributed by atoms with Crippen LogP contribution in [0.1, 0.15) is 58.3 Å². The van der Waals surface area contributed by atoms with Crippen molar-refractivity contribution in [2.45, 2.75) is 45.1 Å². The number of nitrogens with zero attached hydrogens (tertiary/aromatic N) is 2. The van der Waals surface area contributed by atoms with E-state index in [0.29, 0.717) is 18.7 Å². The summed E-state index contributed by atoms with van der Waals surface area (Å²) in [5, 5.41) is 0. The van der Waals surface area contributed by atoms with E-state index in [1.807, 2.05) is 11.0 Å². The molecule has 1 aromatic heterocycles. The number of primary amides is 1. The minimum absolute atomic E-state index is 0.0344. The molecule has 0 bridgehead atoms. The molecule has 0 saturated heterocycles. The number of benzene rings is 1. The van der Waals surface area contributed by atoms with Crippen molar-refractivity contribution >= 4 is 17.4 Å². The Labute approximate surface area is 176 Å². The molecule has 2 N–H and O–H groups in total. The fourth-order valence-corrected chi connectivity index (χ4v) is 5.30. The van der Waals surface area contributed by atoms with Crippen LogP contribution in [0.2, 0.25) is 0 Å². The monoisotopic (exact) mass is 399 g/mol. The minimum Gasteiger partial charge on any atom is -0.366 e. The molecule has 1 aliphatic heterocycles. The minimum atomic E-state index is -0.404. The van der Waals surface area contributed by atoms with Crippen molar-refractivity contribution < 1.29 is 9.59 Å². The normalized spacial score (nSPS) is 17.3. The first-order valence-electron chi connectivity index (χ1n) is 10.6. The molecule has 0 radical (unpaired) electrons. The van der Waals surface area contributed by atoms with Crippen molar-refractivity contribution in [2.24, 2.45) is 5.73 Å². The molecule has 1 aromatic carbocycles. The van der Waals surface area contributed by atoms with Gasteiger partial charge in [0.2, 0.25) is 5.91 Å². The molecular formula is C25H25N3O2. The third-order valence-electron chi connectivity index (χ3n) is 6.73. The van der Waals surface area contributed by atoms with Gasteiger partial charge >= 0.3 is 0 Å². The number of carbonyl (C=O) groups is 2. The number of nitrogens with two attached hydrogens (primary N) is 1. The van der Waals surface area contributed by atoms with Gasteiger partial charge in [0.05, 0.1) is 11.3 Å². The van der Waals surface area contributed by atoms with Gasteiger partial charge in [0.25, 0.3) is 5.91 Å². The maximum Gasteiger partial charge on any atom is 0.250 e. The summed E-state index contributed by atoms with van der Waals surface area (Å²) >= 11 is 0. The molecule has 0 unspecified atom stereocenters. The van der Waals surface area contributed by atoms with Gasteiger partial charge in [-0.1, -0.05) is 30.4 Å². The summed E-state index contributed by atoms with van der Waals surface area (Å²) in [6, 6.07) is 6.25.